The highest BCUT2D eigenvalue weighted by Crippen LogP contribution is 2.25. The Morgan fingerprint density at radius 1 is 1.56 bits per heavy atom. The lowest BCUT2D eigenvalue weighted by Gasteiger charge is -2.11. The van der Waals surface area contributed by atoms with E-state index < -0.39 is 0 Å². The molecule has 0 fully saturated rings. The first-order valence-electron chi connectivity index (χ1n) is 5.77. The number of rotatable bonds is 4. The molecule has 0 saturated heterocycles. The summed E-state index contributed by atoms with van der Waals surface area (Å²) in [5, 5.41) is 3.35. The Bertz CT molecular complexity index is 406. The highest BCUT2D eigenvalue weighted by molar-refractivity contribution is 5.39. The molecule has 1 aromatic rings. The molecule has 2 nitrogen and oxygen atoms in total. The average molecular weight is 215 g/mol. The van der Waals surface area contributed by atoms with Crippen molar-refractivity contribution in [2.45, 2.75) is 32.4 Å². The maximum Gasteiger partial charge on any atom is 0.122 e. The van der Waals surface area contributed by atoms with Crippen LogP contribution in [0.3, 0.4) is 0 Å². The van der Waals surface area contributed by atoms with Crippen molar-refractivity contribution in [2.24, 2.45) is 0 Å². The van der Waals surface area contributed by atoms with Gasteiger partial charge >= 0.3 is 0 Å². The summed E-state index contributed by atoms with van der Waals surface area (Å²) in [6.45, 7) is 3.73. The van der Waals surface area contributed by atoms with E-state index in [0.717, 1.165) is 31.7 Å². The fraction of sp³-hybridized carbons (Fsp3) is 0.429. The maximum atomic E-state index is 5.47. The first kappa shape index (κ1) is 11.0. The Hall–Kier alpha value is -1.46. The van der Waals surface area contributed by atoms with Crippen LogP contribution in [0.25, 0.3) is 0 Å². The van der Waals surface area contributed by atoms with Gasteiger partial charge in [-0.3, -0.25) is 5.32 Å². The van der Waals surface area contributed by atoms with E-state index in [9.17, 15) is 0 Å². The van der Waals surface area contributed by atoms with Crippen molar-refractivity contribution in [3.05, 3.63) is 29.3 Å². The topological polar surface area (TPSA) is 21.3 Å². The fourth-order valence-corrected chi connectivity index (χ4v) is 1.91. The summed E-state index contributed by atoms with van der Waals surface area (Å²) in [6.07, 6.45) is 7.39. The lowest BCUT2D eigenvalue weighted by molar-refractivity contribution is 0.357. The van der Waals surface area contributed by atoms with E-state index in [2.05, 4.69) is 36.4 Å². The molecule has 0 bridgehead atoms. The summed E-state index contributed by atoms with van der Waals surface area (Å²) in [6, 6.07) is 6.53. The minimum absolute atomic E-state index is 0.171. The molecule has 1 N–H and O–H groups in total. The molecule has 84 valence electrons. The Morgan fingerprint density at radius 3 is 3.19 bits per heavy atom. The van der Waals surface area contributed by atoms with Gasteiger partial charge in [0, 0.05) is 13.0 Å². The molecule has 1 heterocycles. The van der Waals surface area contributed by atoms with Gasteiger partial charge in [-0.15, -0.1) is 6.42 Å². The van der Waals surface area contributed by atoms with Gasteiger partial charge in [0.25, 0.3) is 0 Å². The van der Waals surface area contributed by atoms with Crippen LogP contribution >= 0.6 is 0 Å². The highest BCUT2D eigenvalue weighted by atomic mass is 16.5. The standard InChI is InChI=1S/C14H17NO/c1-3-13(4-2)15-10-11-5-6-14-12(9-11)7-8-16-14/h1,5-6,9,13,15H,4,7-8,10H2,2H3. The van der Waals surface area contributed by atoms with Crippen molar-refractivity contribution in [3.8, 4) is 18.1 Å². The molecule has 2 rings (SSSR count). The minimum Gasteiger partial charge on any atom is -0.493 e. The van der Waals surface area contributed by atoms with E-state index in [1.165, 1.54) is 11.1 Å². The van der Waals surface area contributed by atoms with Gasteiger partial charge in [-0.2, -0.15) is 0 Å². The monoisotopic (exact) mass is 215 g/mol. The number of nitrogens with one attached hydrogen (secondary N) is 1. The molecular weight excluding hydrogens is 198 g/mol. The third kappa shape index (κ3) is 2.37. The fourth-order valence-electron chi connectivity index (χ4n) is 1.91. The lowest BCUT2D eigenvalue weighted by atomic mass is 10.1. The van der Waals surface area contributed by atoms with Crippen molar-refractivity contribution in [3.63, 3.8) is 0 Å². The van der Waals surface area contributed by atoms with Crippen molar-refractivity contribution < 1.29 is 4.74 Å². The third-order valence-electron chi connectivity index (χ3n) is 2.92. The molecule has 1 aliphatic heterocycles. The second-order valence-corrected chi connectivity index (χ2v) is 4.05. The van der Waals surface area contributed by atoms with Crippen LogP contribution in [0.4, 0.5) is 0 Å². The largest absolute Gasteiger partial charge is 0.493 e. The maximum absolute atomic E-state index is 5.47. The minimum atomic E-state index is 0.171. The molecule has 1 aliphatic rings. The van der Waals surface area contributed by atoms with Crippen LogP contribution in [0, 0.1) is 12.3 Å². The van der Waals surface area contributed by atoms with Gasteiger partial charge in [0.1, 0.15) is 5.75 Å². The van der Waals surface area contributed by atoms with Crippen LogP contribution in [0.5, 0.6) is 5.75 Å². The summed E-state index contributed by atoms with van der Waals surface area (Å²) in [5.74, 6) is 3.77. The van der Waals surface area contributed by atoms with Gasteiger partial charge in [0.15, 0.2) is 0 Å². The highest BCUT2D eigenvalue weighted by Gasteiger charge is 2.12. The molecule has 2 heteroatoms. The summed E-state index contributed by atoms with van der Waals surface area (Å²) in [4.78, 5) is 0. The van der Waals surface area contributed by atoms with E-state index in [4.69, 9.17) is 11.2 Å². The quantitative estimate of drug-likeness (QED) is 0.777. The summed E-state index contributed by atoms with van der Waals surface area (Å²) in [5.41, 5.74) is 2.59. The van der Waals surface area contributed by atoms with Crippen molar-refractivity contribution >= 4 is 0 Å². The van der Waals surface area contributed by atoms with Crippen LogP contribution in [0.15, 0.2) is 18.2 Å². The zero-order valence-corrected chi connectivity index (χ0v) is 9.62. The summed E-state index contributed by atoms with van der Waals surface area (Å²) < 4.78 is 5.47. The molecule has 1 atom stereocenters. The summed E-state index contributed by atoms with van der Waals surface area (Å²) >= 11 is 0. The molecule has 0 amide bonds. The van der Waals surface area contributed by atoms with Crippen molar-refractivity contribution in [1.82, 2.24) is 5.32 Å². The second-order valence-electron chi connectivity index (χ2n) is 4.05. The smallest absolute Gasteiger partial charge is 0.122 e. The molecule has 0 radical (unpaired) electrons. The SMILES string of the molecule is C#CC(CC)NCc1ccc2c(c1)CCO2. The van der Waals surface area contributed by atoms with Crippen molar-refractivity contribution in [2.75, 3.05) is 6.61 Å². The van der Waals surface area contributed by atoms with Crippen molar-refractivity contribution in [1.29, 1.82) is 0 Å². The van der Waals surface area contributed by atoms with Gasteiger partial charge in [0.2, 0.25) is 0 Å². The molecule has 0 saturated carbocycles. The predicted octanol–water partition coefficient (Wildman–Crippen LogP) is 2.12. The first-order valence-corrected chi connectivity index (χ1v) is 5.77. The normalized spacial score (nSPS) is 15.0. The van der Waals surface area contributed by atoms with Gasteiger partial charge in [-0.05, 0) is 23.6 Å². The van der Waals surface area contributed by atoms with Crippen LogP contribution < -0.4 is 10.1 Å². The van der Waals surface area contributed by atoms with Gasteiger partial charge < -0.3 is 4.74 Å². The van der Waals surface area contributed by atoms with E-state index in [0.29, 0.717) is 0 Å². The van der Waals surface area contributed by atoms with Crippen LogP contribution in [-0.4, -0.2) is 12.6 Å². The molecule has 0 aromatic heterocycles. The number of ether oxygens (including phenoxy) is 1. The third-order valence-corrected chi connectivity index (χ3v) is 2.92. The number of hydrogen-bond acceptors (Lipinski definition) is 2. The Morgan fingerprint density at radius 2 is 2.44 bits per heavy atom. The van der Waals surface area contributed by atoms with E-state index in [1.54, 1.807) is 0 Å². The number of hydrogen-bond donors (Lipinski definition) is 1. The predicted molar refractivity (Wildman–Crippen MR) is 65.4 cm³/mol. The first-order chi connectivity index (χ1) is 7.83. The Labute approximate surface area is 97.0 Å². The molecule has 1 unspecified atom stereocenters. The van der Waals surface area contributed by atoms with E-state index in [-0.39, 0.29) is 6.04 Å². The zero-order valence-electron chi connectivity index (χ0n) is 9.62. The number of fused-ring (bicyclic) bond motifs is 1. The van der Waals surface area contributed by atoms with Gasteiger partial charge in [0.05, 0.1) is 12.6 Å². The zero-order chi connectivity index (χ0) is 11.4. The van der Waals surface area contributed by atoms with Crippen LogP contribution in [0.2, 0.25) is 0 Å². The molecule has 0 aliphatic carbocycles. The van der Waals surface area contributed by atoms with Crippen LogP contribution in [0.1, 0.15) is 24.5 Å². The molecule has 1 aromatic carbocycles. The Kier molecular flexibility index (Phi) is 3.48. The van der Waals surface area contributed by atoms with E-state index >= 15 is 0 Å². The second kappa shape index (κ2) is 5.05. The van der Waals surface area contributed by atoms with E-state index in [1.807, 2.05) is 0 Å². The Balaban J connectivity index is 1.98. The lowest BCUT2D eigenvalue weighted by Crippen LogP contribution is -2.26. The molecular formula is C14H17NO. The summed E-state index contributed by atoms with van der Waals surface area (Å²) in [7, 11) is 0. The van der Waals surface area contributed by atoms with Gasteiger partial charge in [-0.25, -0.2) is 0 Å². The van der Waals surface area contributed by atoms with Gasteiger partial charge in [-0.1, -0.05) is 25.0 Å². The molecule has 0 spiro atoms. The van der Waals surface area contributed by atoms with Crippen LogP contribution in [-0.2, 0) is 13.0 Å². The average Bonchev–Trinajstić information content (AvgIpc) is 2.77. The molecule has 16 heavy (non-hydrogen) atoms. The number of terminal acetylenes is 1. The number of benzene rings is 1.